The minimum absolute atomic E-state index is 0. The Bertz CT molecular complexity index is 395. The van der Waals surface area contributed by atoms with Crippen LogP contribution in [0.4, 0.5) is 0 Å². The fourth-order valence-electron chi connectivity index (χ4n) is 4.14. The number of carbonyl (C=O) groups excluding carboxylic acids is 1. The minimum Gasteiger partial charge on any atom is -0.347 e. The largest absolute Gasteiger partial charge is 0.347 e. The summed E-state index contributed by atoms with van der Waals surface area (Å²) in [4.78, 5) is 20.8. The van der Waals surface area contributed by atoms with Gasteiger partial charge in [0.05, 0.1) is 6.54 Å². The molecule has 0 spiro atoms. The van der Waals surface area contributed by atoms with Crippen molar-refractivity contribution in [2.45, 2.75) is 38.5 Å². The Balaban J connectivity index is 0.00000176. The summed E-state index contributed by atoms with van der Waals surface area (Å²) in [6.07, 6.45) is 7.80. The number of hydrogen-bond acceptors (Lipinski definition) is 2. The highest BCUT2D eigenvalue weighted by atomic mass is 127. The summed E-state index contributed by atoms with van der Waals surface area (Å²) >= 11 is 0. The third-order valence-electron chi connectivity index (χ3n) is 5.34. The summed E-state index contributed by atoms with van der Waals surface area (Å²) in [5.74, 6) is 2.81. The number of halogens is 1. The smallest absolute Gasteiger partial charge is 0.241 e. The molecule has 0 aromatic heterocycles. The van der Waals surface area contributed by atoms with Crippen LogP contribution in [0.25, 0.3) is 0 Å². The molecule has 6 heteroatoms. The first kappa shape index (κ1) is 17.8. The van der Waals surface area contributed by atoms with E-state index in [2.05, 4.69) is 15.2 Å². The van der Waals surface area contributed by atoms with Crippen LogP contribution in [-0.4, -0.2) is 61.4 Å². The van der Waals surface area contributed by atoms with E-state index in [4.69, 9.17) is 0 Å². The van der Waals surface area contributed by atoms with Crippen LogP contribution in [0.3, 0.4) is 0 Å². The fourth-order valence-corrected chi connectivity index (χ4v) is 4.14. The van der Waals surface area contributed by atoms with Crippen molar-refractivity contribution in [1.82, 2.24) is 15.1 Å². The average Bonchev–Trinajstić information content (AvgIpc) is 3.17. The average molecular weight is 420 g/mol. The summed E-state index contributed by atoms with van der Waals surface area (Å²) in [5, 5.41) is 3.28. The molecule has 1 N–H and O–H groups in total. The van der Waals surface area contributed by atoms with E-state index in [0.717, 1.165) is 56.8 Å². The molecule has 3 rings (SSSR count). The molecular formula is C16H29IN4O. The molecule has 3 aliphatic rings. The summed E-state index contributed by atoms with van der Waals surface area (Å²) < 4.78 is 0. The third-order valence-corrected chi connectivity index (χ3v) is 5.34. The lowest BCUT2D eigenvalue weighted by atomic mass is 9.82. The molecule has 22 heavy (non-hydrogen) atoms. The number of likely N-dealkylation sites (tertiary alicyclic amines) is 2. The molecule has 1 saturated carbocycles. The van der Waals surface area contributed by atoms with E-state index in [-0.39, 0.29) is 29.9 Å². The SMILES string of the molecule is CN=C(NCC(=O)N1CCCC1)N1CC2CCCCC2C1.I. The molecule has 0 radical (unpaired) electrons. The van der Waals surface area contributed by atoms with Crippen LogP contribution < -0.4 is 5.32 Å². The Morgan fingerprint density at radius 1 is 1.05 bits per heavy atom. The second kappa shape index (κ2) is 8.36. The number of rotatable bonds is 2. The monoisotopic (exact) mass is 420 g/mol. The van der Waals surface area contributed by atoms with Crippen molar-refractivity contribution < 1.29 is 4.79 Å². The zero-order chi connectivity index (χ0) is 14.7. The molecule has 2 aliphatic heterocycles. The molecule has 0 aromatic rings. The molecule has 2 saturated heterocycles. The van der Waals surface area contributed by atoms with Crippen LogP contribution in [0.1, 0.15) is 38.5 Å². The second-order valence-electron chi connectivity index (χ2n) is 6.70. The Labute approximate surface area is 150 Å². The number of hydrogen-bond donors (Lipinski definition) is 1. The van der Waals surface area contributed by atoms with Crippen LogP contribution in [0.5, 0.6) is 0 Å². The van der Waals surface area contributed by atoms with Gasteiger partial charge in [0.25, 0.3) is 0 Å². The number of nitrogens with one attached hydrogen (secondary N) is 1. The number of carbonyl (C=O) groups is 1. The minimum atomic E-state index is 0. The van der Waals surface area contributed by atoms with Gasteiger partial charge in [-0.1, -0.05) is 12.8 Å². The number of nitrogens with zero attached hydrogens (tertiary/aromatic N) is 3. The predicted octanol–water partition coefficient (Wildman–Crippen LogP) is 1.92. The Kier molecular flexibility index (Phi) is 6.77. The highest BCUT2D eigenvalue weighted by Crippen LogP contribution is 2.35. The highest BCUT2D eigenvalue weighted by Gasteiger charge is 2.35. The lowest BCUT2D eigenvalue weighted by Gasteiger charge is -2.23. The van der Waals surface area contributed by atoms with Crippen LogP contribution in [-0.2, 0) is 4.79 Å². The first-order valence-electron chi connectivity index (χ1n) is 8.51. The van der Waals surface area contributed by atoms with Gasteiger partial charge in [0.15, 0.2) is 5.96 Å². The van der Waals surface area contributed by atoms with Crippen LogP contribution in [0.15, 0.2) is 4.99 Å². The number of fused-ring (bicyclic) bond motifs is 1. The lowest BCUT2D eigenvalue weighted by molar-refractivity contribution is -0.128. The standard InChI is InChI=1S/C16H28N4O.HI/c1-17-16(18-10-15(21)19-8-4-5-9-19)20-11-13-6-2-3-7-14(13)12-20;/h13-14H,2-12H2,1H3,(H,17,18);1H. The molecule has 2 unspecified atom stereocenters. The summed E-state index contributed by atoms with van der Waals surface area (Å²) in [5.41, 5.74) is 0. The van der Waals surface area contributed by atoms with Gasteiger partial charge in [0.1, 0.15) is 0 Å². The molecule has 2 atom stereocenters. The maximum Gasteiger partial charge on any atom is 0.241 e. The zero-order valence-corrected chi connectivity index (χ0v) is 15.9. The molecular weight excluding hydrogens is 391 g/mol. The Morgan fingerprint density at radius 3 is 2.18 bits per heavy atom. The van der Waals surface area contributed by atoms with Gasteiger partial charge in [-0.05, 0) is 37.5 Å². The van der Waals surface area contributed by atoms with E-state index in [1.807, 2.05) is 11.9 Å². The third kappa shape index (κ3) is 4.06. The maximum absolute atomic E-state index is 12.1. The van der Waals surface area contributed by atoms with Gasteiger partial charge >= 0.3 is 0 Å². The van der Waals surface area contributed by atoms with E-state index in [0.29, 0.717) is 6.54 Å². The molecule has 2 heterocycles. The van der Waals surface area contributed by atoms with Crippen molar-refractivity contribution in [3.63, 3.8) is 0 Å². The van der Waals surface area contributed by atoms with E-state index in [9.17, 15) is 4.79 Å². The number of amides is 1. The zero-order valence-electron chi connectivity index (χ0n) is 13.6. The molecule has 3 fully saturated rings. The van der Waals surface area contributed by atoms with Gasteiger partial charge in [-0.15, -0.1) is 24.0 Å². The summed E-state index contributed by atoms with van der Waals surface area (Å²) in [6.45, 7) is 4.46. The molecule has 1 aliphatic carbocycles. The van der Waals surface area contributed by atoms with Crippen molar-refractivity contribution in [2.75, 3.05) is 39.8 Å². The molecule has 1 amide bonds. The molecule has 0 aromatic carbocycles. The maximum atomic E-state index is 12.1. The Hall–Kier alpha value is -0.530. The molecule has 0 bridgehead atoms. The Morgan fingerprint density at radius 2 is 1.64 bits per heavy atom. The van der Waals surface area contributed by atoms with Gasteiger partial charge in [-0.25, -0.2) is 0 Å². The molecule has 5 nitrogen and oxygen atoms in total. The van der Waals surface area contributed by atoms with E-state index in [1.54, 1.807) is 0 Å². The summed E-state index contributed by atoms with van der Waals surface area (Å²) in [6, 6.07) is 0. The highest BCUT2D eigenvalue weighted by molar-refractivity contribution is 14.0. The summed E-state index contributed by atoms with van der Waals surface area (Å²) in [7, 11) is 1.82. The van der Waals surface area contributed by atoms with E-state index < -0.39 is 0 Å². The molecule has 126 valence electrons. The second-order valence-corrected chi connectivity index (χ2v) is 6.70. The lowest BCUT2D eigenvalue weighted by Crippen LogP contribution is -2.45. The van der Waals surface area contributed by atoms with Crippen LogP contribution >= 0.6 is 24.0 Å². The first-order valence-corrected chi connectivity index (χ1v) is 8.51. The van der Waals surface area contributed by atoms with Gasteiger partial charge in [0.2, 0.25) is 5.91 Å². The van der Waals surface area contributed by atoms with Crippen molar-refractivity contribution in [1.29, 1.82) is 0 Å². The van der Waals surface area contributed by atoms with Crippen LogP contribution in [0.2, 0.25) is 0 Å². The normalized spacial score (nSPS) is 28.3. The fraction of sp³-hybridized carbons (Fsp3) is 0.875. The topological polar surface area (TPSA) is 47.9 Å². The predicted molar refractivity (Wildman–Crippen MR) is 99.6 cm³/mol. The van der Waals surface area contributed by atoms with Crippen molar-refractivity contribution in [2.24, 2.45) is 16.8 Å². The van der Waals surface area contributed by atoms with Crippen molar-refractivity contribution in [3.05, 3.63) is 0 Å². The quantitative estimate of drug-likeness (QED) is 0.422. The van der Waals surface area contributed by atoms with Gasteiger partial charge < -0.3 is 15.1 Å². The van der Waals surface area contributed by atoms with Gasteiger partial charge in [-0.2, -0.15) is 0 Å². The first-order chi connectivity index (χ1) is 10.3. The number of aliphatic imine (C=N–C) groups is 1. The van der Waals surface area contributed by atoms with Crippen molar-refractivity contribution >= 4 is 35.8 Å². The van der Waals surface area contributed by atoms with E-state index in [1.165, 1.54) is 25.7 Å². The van der Waals surface area contributed by atoms with Gasteiger partial charge in [-0.3, -0.25) is 9.79 Å². The van der Waals surface area contributed by atoms with E-state index >= 15 is 0 Å². The number of guanidine groups is 1. The van der Waals surface area contributed by atoms with Crippen molar-refractivity contribution in [3.8, 4) is 0 Å². The van der Waals surface area contributed by atoms with Gasteiger partial charge in [0, 0.05) is 33.2 Å². The van der Waals surface area contributed by atoms with Crippen LogP contribution in [0, 0.1) is 11.8 Å².